The average Bonchev–Trinajstić information content (AvgIpc) is 2.86. The van der Waals surface area contributed by atoms with E-state index < -0.39 is 0 Å². The van der Waals surface area contributed by atoms with Crippen molar-refractivity contribution in [3.05, 3.63) is 23.9 Å². The molecule has 2 rings (SSSR count). The van der Waals surface area contributed by atoms with Crippen LogP contribution < -0.4 is 5.32 Å². The summed E-state index contributed by atoms with van der Waals surface area (Å²) in [6.07, 6.45) is 8.22. The third-order valence-corrected chi connectivity index (χ3v) is 3.95. The lowest BCUT2D eigenvalue weighted by molar-refractivity contribution is 0.306. The molecule has 0 radical (unpaired) electrons. The summed E-state index contributed by atoms with van der Waals surface area (Å²) in [6, 6.07) is 5.77. The van der Waals surface area contributed by atoms with Crippen LogP contribution in [0.4, 0.5) is 5.82 Å². The van der Waals surface area contributed by atoms with E-state index in [1.807, 2.05) is 12.1 Å². The summed E-state index contributed by atoms with van der Waals surface area (Å²) in [5.41, 5.74) is 1.08. The number of nitriles is 1. The maximum Gasteiger partial charge on any atom is 0.125 e. The zero-order chi connectivity index (χ0) is 12.1. The van der Waals surface area contributed by atoms with Gasteiger partial charge in [0, 0.05) is 12.7 Å². The smallest absolute Gasteiger partial charge is 0.125 e. The quantitative estimate of drug-likeness (QED) is 0.861. The summed E-state index contributed by atoms with van der Waals surface area (Å²) in [7, 11) is 0. The van der Waals surface area contributed by atoms with Crippen LogP contribution in [0, 0.1) is 16.7 Å². The summed E-state index contributed by atoms with van der Waals surface area (Å²) >= 11 is 0. The second-order valence-electron chi connectivity index (χ2n) is 4.96. The van der Waals surface area contributed by atoms with Crippen molar-refractivity contribution < 1.29 is 0 Å². The van der Waals surface area contributed by atoms with Gasteiger partial charge >= 0.3 is 0 Å². The third-order valence-electron chi connectivity index (χ3n) is 3.95. The minimum Gasteiger partial charge on any atom is -0.370 e. The topological polar surface area (TPSA) is 48.7 Å². The zero-order valence-corrected chi connectivity index (χ0v) is 10.4. The van der Waals surface area contributed by atoms with E-state index in [0.717, 1.165) is 12.4 Å². The van der Waals surface area contributed by atoms with Crippen molar-refractivity contribution in [3.8, 4) is 6.07 Å². The molecule has 1 saturated carbocycles. The van der Waals surface area contributed by atoms with Gasteiger partial charge < -0.3 is 5.32 Å². The molecular formula is C14H19N3. The van der Waals surface area contributed by atoms with E-state index in [1.165, 1.54) is 32.1 Å². The highest BCUT2D eigenvalue weighted by Crippen LogP contribution is 2.40. The first-order valence-corrected chi connectivity index (χ1v) is 6.38. The molecule has 0 unspecified atom stereocenters. The minimum absolute atomic E-state index is 0.468. The summed E-state index contributed by atoms with van der Waals surface area (Å²) in [5.74, 6) is 0.878. The molecule has 0 atom stereocenters. The van der Waals surface area contributed by atoms with Crippen LogP contribution in [-0.2, 0) is 0 Å². The molecular weight excluding hydrogens is 210 g/mol. The van der Waals surface area contributed by atoms with Gasteiger partial charge in [0.1, 0.15) is 11.9 Å². The van der Waals surface area contributed by atoms with Gasteiger partial charge in [0.25, 0.3) is 0 Å². The van der Waals surface area contributed by atoms with Crippen LogP contribution in [0.1, 0.15) is 44.6 Å². The largest absolute Gasteiger partial charge is 0.370 e. The predicted octanol–water partition coefficient (Wildman–Crippen LogP) is 3.34. The number of hydrogen-bond donors (Lipinski definition) is 1. The monoisotopic (exact) mass is 229 g/mol. The molecule has 0 spiro atoms. The fourth-order valence-electron chi connectivity index (χ4n) is 2.62. The van der Waals surface area contributed by atoms with Crippen LogP contribution in [0.15, 0.2) is 18.3 Å². The Hall–Kier alpha value is -1.56. The average molecular weight is 229 g/mol. The SMILES string of the molecule is CCC1(CNc2ccc(C#N)cn2)CCCC1. The van der Waals surface area contributed by atoms with Gasteiger partial charge in [0.05, 0.1) is 5.56 Å². The van der Waals surface area contributed by atoms with Crippen LogP contribution in [0.3, 0.4) is 0 Å². The second-order valence-corrected chi connectivity index (χ2v) is 4.96. The standard InChI is InChI=1S/C14H19N3/c1-2-14(7-3-4-8-14)11-17-13-6-5-12(9-15)10-16-13/h5-6,10H,2-4,7-8,11H2,1H3,(H,16,17). The van der Waals surface area contributed by atoms with Gasteiger partial charge in [-0.15, -0.1) is 0 Å². The van der Waals surface area contributed by atoms with E-state index in [2.05, 4.69) is 23.3 Å². The number of nitrogens with zero attached hydrogens (tertiary/aromatic N) is 2. The summed E-state index contributed by atoms with van der Waals surface area (Å²) in [4.78, 5) is 4.24. The Morgan fingerprint density at radius 3 is 2.71 bits per heavy atom. The molecule has 1 heterocycles. The van der Waals surface area contributed by atoms with Crippen molar-refractivity contribution in [3.63, 3.8) is 0 Å². The number of aromatic nitrogens is 1. The van der Waals surface area contributed by atoms with Crippen LogP contribution in [0.25, 0.3) is 0 Å². The Bertz CT molecular complexity index is 396. The molecule has 1 fully saturated rings. The highest BCUT2D eigenvalue weighted by atomic mass is 15.0. The van der Waals surface area contributed by atoms with Gasteiger partial charge in [-0.1, -0.05) is 19.8 Å². The molecule has 1 aromatic rings. The molecule has 1 N–H and O–H groups in total. The Kier molecular flexibility index (Phi) is 3.63. The minimum atomic E-state index is 0.468. The normalized spacial score (nSPS) is 17.6. The molecule has 0 bridgehead atoms. The maximum absolute atomic E-state index is 8.70. The number of anilines is 1. The Balaban J connectivity index is 1.94. The van der Waals surface area contributed by atoms with E-state index in [-0.39, 0.29) is 0 Å². The molecule has 90 valence electrons. The first-order chi connectivity index (χ1) is 8.28. The van der Waals surface area contributed by atoms with E-state index >= 15 is 0 Å². The van der Waals surface area contributed by atoms with Crippen molar-refractivity contribution in [1.29, 1.82) is 5.26 Å². The van der Waals surface area contributed by atoms with Crippen molar-refractivity contribution in [2.24, 2.45) is 5.41 Å². The molecule has 0 aliphatic heterocycles. The van der Waals surface area contributed by atoms with Crippen LogP contribution in [0.5, 0.6) is 0 Å². The molecule has 0 saturated heterocycles. The maximum atomic E-state index is 8.70. The predicted molar refractivity (Wildman–Crippen MR) is 68.6 cm³/mol. The van der Waals surface area contributed by atoms with Gasteiger partial charge in [-0.25, -0.2) is 4.98 Å². The molecule has 1 aliphatic carbocycles. The van der Waals surface area contributed by atoms with Gasteiger partial charge in [0.15, 0.2) is 0 Å². The summed E-state index contributed by atoms with van der Waals surface area (Å²) < 4.78 is 0. The summed E-state index contributed by atoms with van der Waals surface area (Å²) in [5, 5.41) is 12.1. The number of hydrogen-bond acceptors (Lipinski definition) is 3. The van der Waals surface area contributed by atoms with Gasteiger partial charge in [-0.05, 0) is 36.8 Å². The first kappa shape index (κ1) is 11.9. The third kappa shape index (κ3) is 2.76. The lowest BCUT2D eigenvalue weighted by atomic mass is 9.83. The zero-order valence-electron chi connectivity index (χ0n) is 10.4. The fourth-order valence-corrected chi connectivity index (χ4v) is 2.62. The van der Waals surface area contributed by atoms with Gasteiger partial charge in [-0.2, -0.15) is 5.26 Å². The Morgan fingerprint density at radius 2 is 2.18 bits per heavy atom. The van der Waals surface area contributed by atoms with Crippen molar-refractivity contribution in [1.82, 2.24) is 4.98 Å². The summed E-state index contributed by atoms with van der Waals surface area (Å²) in [6.45, 7) is 3.28. The number of rotatable bonds is 4. The molecule has 3 nitrogen and oxygen atoms in total. The van der Waals surface area contributed by atoms with Crippen molar-refractivity contribution >= 4 is 5.82 Å². The molecule has 17 heavy (non-hydrogen) atoms. The highest BCUT2D eigenvalue weighted by Gasteiger charge is 2.31. The van der Waals surface area contributed by atoms with Crippen molar-refractivity contribution in [2.75, 3.05) is 11.9 Å². The van der Waals surface area contributed by atoms with E-state index in [1.54, 1.807) is 6.20 Å². The van der Waals surface area contributed by atoms with E-state index in [4.69, 9.17) is 5.26 Å². The van der Waals surface area contributed by atoms with E-state index in [0.29, 0.717) is 11.0 Å². The number of nitrogens with one attached hydrogen (secondary N) is 1. The highest BCUT2D eigenvalue weighted by molar-refractivity contribution is 5.39. The molecule has 0 aromatic carbocycles. The van der Waals surface area contributed by atoms with Gasteiger partial charge in [0.2, 0.25) is 0 Å². The van der Waals surface area contributed by atoms with Gasteiger partial charge in [-0.3, -0.25) is 0 Å². The van der Waals surface area contributed by atoms with Crippen molar-refractivity contribution in [2.45, 2.75) is 39.0 Å². The van der Waals surface area contributed by atoms with Crippen LogP contribution in [-0.4, -0.2) is 11.5 Å². The molecule has 1 aromatic heterocycles. The Labute approximate surface area is 103 Å². The molecule has 1 aliphatic rings. The lowest BCUT2D eigenvalue weighted by Gasteiger charge is -2.27. The van der Waals surface area contributed by atoms with E-state index in [9.17, 15) is 0 Å². The van der Waals surface area contributed by atoms with Crippen LogP contribution >= 0.6 is 0 Å². The van der Waals surface area contributed by atoms with Crippen LogP contribution in [0.2, 0.25) is 0 Å². The Morgan fingerprint density at radius 1 is 1.41 bits per heavy atom. The molecule has 3 heteroatoms. The first-order valence-electron chi connectivity index (χ1n) is 6.38. The lowest BCUT2D eigenvalue weighted by Crippen LogP contribution is -2.26. The second kappa shape index (κ2) is 5.18. The number of pyridine rings is 1. The molecule has 0 amide bonds. The fraction of sp³-hybridized carbons (Fsp3) is 0.571.